The number of nitro groups is 1. The van der Waals surface area contributed by atoms with Gasteiger partial charge in [0.25, 0.3) is 11.6 Å². The van der Waals surface area contributed by atoms with Gasteiger partial charge in [-0.15, -0.1) is 0 Å². The third kappa shape index (κ3) is 6.38. The van der Waals surface area contributed by atoms with E-state index in [4.69, 9.17) is 0 Å². The molecule has 1 aliphatic rings. The highest BCUT2D eigenvalue weighted by Crippen LogP contribution is 2.34. The number of nitro benzene ring substituents is 1. The Kier molecular flexibility index (Phi) is 8.16. The summed E-state index contributed by atoms with van der Waals surface area (Å²) in [6.07, 6.45) is 0. The smallest absolute Gasteiger partial charge is 0.269 e. The third-order valence-corrected chi connectivity index (χ3v) is 6.92. The Hall–Kier alpha value is -3.51. The van der Waals surface area contributed by atoms with Gasteiger partial charge in [-0.2, -0.15) is 0 Å². The van der Waals surface area contributed by atoms with Crippen molar-refractivity contribution in [1.29, 1.82) is 0 Å². The summed E-state index contributed by atoms with van der Waals surface area (Å²) >= 11 is 0. The van der Waals surface area contributed by atoms with Crippen molar-refractivity contribution in [3.05, 3.63) is 111 Å². The number of rotatable bonds is 9. The number of likely N-dealkylation sites (tertiary alicyclic amines) is 1. The lowest BCUT2D eigenvalue weighted by molar-refractivity contribution is -0.384. The van der Waals surface area contributed by atoms with Crippen LogP contribution in [-0.4, -0.2) is 46.8 Å². The quantitative estimate of drug-likeness (QED) is 0.279. The van der Waals surface area contributed by atoms with Gasteiger partial charge < -0.3 is 4.90 Å². The van der Waals surface area contributed by atoms with Gasteiger partial charge in [0.1, 0.15) is 0 Å². The number of non-ortho nitro benzene ring substituents is 1. The molecule has 0 bridgehead atoms. The van der Waals surface area contributed by atoms with Crippen LogP contribution in [0.1, 0.15) is 46.8 Å². The lowest BCUT2D eigenvalue weighted by atomic mass is 9.88. The molecule has 36 heavy (non-hydrogen) atoms. The Morgan fingerprint density at radius 2 is 1.67 bits per heavy atom. The van der Waals surface area contributed by atoms with Gasteiger partial charge >= 0.3 is 0 Å². The summed E-state index contributed by atoms with van der Waals surface area (Å²) < 4.78 is 0. The van der Waals surface area contributed by atoms with Gasteiger partial charge in [-0.05, 0) is 42.0 Å². The van der Waals surface area contributed by atoms with Crippen molar-refractivity contribution in [2.24, 2.45) is 11.8 Å². The molecule has 3 aromatic rings. The van der Waals surface area contributed by atoms with Gasteiger partial charge in [0, 0.05) is 56.3 Å². The second-order valence-corrected chi connectivity index (χ2v) is 10.4. The largest absolute Gasteiger partial charge is 0.338 e. The van der Waals surface area contributed by atoms with E-state index in [1.807, 2.05) is 54.3 Å². The molecule has 4 rings (SSSR count). The molecule has 3 aromatic carbocycles. The minimum Gasteiger partial charge on any atom is -0.338 e. The van der Waals surface area contributed by atoms with Crippen molar-refractivity contribution in [1.82, 2.24) is 9.80 Å². The SMILES string of the molecule is Cc1ccc(C(=O)N(CC(C)C)CC2CN(Cc3ccc([N+](=O)[O-])cc3)CC2c2ccccc2)cc1. The minimum atomic E-state index is -0.366. The normalized spacial score (nSPS) is 17.9. The minimum absolute atomic E-state index is 0.0873. The molecule has 1 heterocycles. The van der Waals surface area contributed by atoms with Crippen LogP contribution in [0.25, 0.3) is 0 Å². The van der Waals surface area contributed by atoms with Gasteiger partial charge in [0.15, 0.2) is 0 Å². The predicted octanol–water partition coefficient (Wildman–Crippen LogP) is 5.92. The highest BCUT2D eigenvalue weighted by molar-refractivity contribution is 5.94. The molecule has 0 N–H and O–H groups in total. The van der Waals surface area contributed by atoms with E-state index in [2.05, 4.69) is 43.0 Å². The first-order valence-electron chi connectivity index (χ1n) is 12.7. The Morgan fingerprint density at radius 3 is 2.28 bits per heavy atom. The fourth-order valence-corrected chi connectivity index (χ4v) is 5.18. The van der Waals surface area contributed by atoms with E-state index in [0.717, 1.165) is 36.3 Å². The molecule has 6 heteroatoms. The van der Waals surface area contributed by atoms with E-state index in [1.165, 1.54) is 5.56 Å². The summed E-state index contributed by atoms with van der Waals surface area (Å²) in [5.41, 5.74) is 4.34. The summed E-state index contributed by atoms with van der Waals surface area (Å²) in [6.45, 7) is 10.2. The van der Waals surface area contributed by atoms with Crippen molar-refractivity contribution >= 4 is 11.6 Å². The predicted molar refractivity (Wildman–Crippen MR) is 143 cm³/mol. The van der Waals surface area contributed by atoms with Crippen LogP contribution in [0.15, 0.2) is 78.9 Å². The lowest BCUT2D eigenvalue weighted by Gasteiger charge is -2.30. The second-order valence-electron chi connectivity index (χ2n) is 10.4. The van der Waals surface area contributed by atoms with Crippen LogP contribution >= 0.6 is 0 Å². The molecule has 1 amide bonds. The number of aryl methyl sites for hydroxylation is 1. The highest BCUT2D eigenvalue weighted by atomic mass is 16.6. The fraction of sp³-hybridized carbons (Fsp3) is 0.367. The molecule has 188 valence electrons. The van der Waals surface area contributed by atoms with Gasteiger partial charge in [-0.3, -0.25) is 19.8 Å². The van der Waals surface area contributed by atoms with Crippen LogP contribution in [0.4, 0.5) is 5.69 Å². The zero-order chi connectivity index (χ0) is 25.7. The monoisotopic (exact) mass is 485 g/mol. The van der Waals surface area contributed by atoms with Gasteiger partial charge in [-0.25, -0.2) is 0 Å². The second kappa shape index (κ2) is 11.5. The molecule has 1 aliphatic heterocycles. The summed E-state index contributed by atoms with van der Waals surface area (Å²) in [5.74, 6) is 1.06. The molecule has 2 unspecified atom stereocenters. The van der Waals surface area contributed by atoms with E-state index in [1.54, 1.807) is 12.1 Å². The first-order chi connectivity index (χ1) is 17.3. The van der Waals surface area contributed by atoms with Gasteiger partial charge in [0.2, 0.25) is 0 Å². The lowest BCUT2D eigenvalue weighted by Crippen LogP contribution is -2.39. The zero-order valence-electron chi connectivity index (χ0n) is 21.3. The summed E-state index contributed by atoms with van der Waals surface area (Å²) in [5, 5.41) is 11.0. The van der Waals surface area contributed by atoms with E-state index in [-0.39, 0.29) is 16.5 Å². The topological polar surface area (TPSA) is 66.7 Å². The van der Waals surface area contributed by atoms with Crippen LogP contribution < -0.4 is 0 Å². The maximum absolute atomic E-state index is 13.5. The van der Waals surface area contributed by atoms with E-state index < -0.39 is 0 Å². The standard InChI is InChI=1S/C30H35N3O3/c1-22(2)17-32(30(34)26-13-9-23(3)10-14-26)20-27-19-31(21-29(27)25-7-5-4-6-8-25)18-24-11-15-28(16-12-24)33(35)36/h4-16,22,27,29H,17-21H2,1-3H3. The molecule has 6 nitrogen and oxygen atoms in total. The summed E-state index contributed by atoms with van der Waals surface area (Å²) in [4.78, 5) is 28.6. The molecule has 1 fully saturated rings. The van der Waals surface area contributed by atoms with Crippen molar-refractivity contribution < 1.29 is 9.72 Å². The maximum Gasteiger partial charge on any atom is 0.269 e. The Balaban J connectivity index is 1.55. The molecule has 0 radical (unpaired) electrons. The highest BCUT2D eigenvalue weighted by Gasteiger charge is 2.36. The van der Waals surface area contributed by atoms with E-state index in [0.29, 0.717) is 30.8 Å². The number of hydrogen-bond donors (Lipinski definition) is 0. The number of benzene rings is 3. The Labute approximate surface area is 213 Å². The number of carbonyl (C=O) groups is 1. The molecule has 0 aromatic heterocycles. The van der Waals surface area contributed by atoms with Crippen LogP contribution in [0.3, 0.4) is 0 Å². The first-order valence-corrected chi connectivity index (χ1v) is 12.7. The third-order valence-electron chi connectivity index (χ3n) is 6.92. The molecule has 0 aliphatic carbocycles. The maximum atomic E-state index is 13.5. The number of nitrogens with zero attached hydrogens (tertiary/aromatic N) is 3. The molecular formula is C30H35N3O3. The average molecular weight is 486 g/mol. The zero-order valence-corrected chi connectivity index (χ0v) is 21.3. The van der Waals surface area contributed by atoms with Gasteiger partial charge in [0.05, 0.1) is 4.92 Å². The van der Waals surface area contributed by atoms with Crippen molar-refractivity contribution in [2.45, 2.75) is 33.2 Å². The molecular weight excluding hydrogens is 450 g/mol. The Bertz CT molecular complexity index is 1160. The van der Waals surface area contributed by atoms with Crippen molar-refractivity contribution in [3.8, 4) is 0 Å². The van der Waals surface area contributed by atoms with Gasteiger partial charge in [-0.1, -0.05) is 74.0 Å². The molecule has 0 spiro atoms. The first kappa shape index (κ1) is 25.6. The molecule has 1 saturated heterocycles. The molecule has 2 atom stereocenters. The molecule has 0 saturated carbocycles. The van der Waals surface area contributed by atoms with E-state index >= 15 is 0 Å². The number of hydrogen-bond acceptors (Lipinski definition) is 4. The van der Waals surface area contributed by atoms with Crippen LogP contribution in [0, 0.1) is 28.9 Å². The number of amides is 1. The van der Waals surface area contributed by atoms with Crippen LogP contribution in [-0.2, 0) is 6.54 Å². The summed E-state index contributed by atoms with van der Waals surface area (Å²) in [7, 11) is 0. The number of carbonyl (C=O) groups excluding carboxylic acids is 1. The average Bonchev–Trinajstić information content (AvgIpc) is 3.26. The summed E-state index contributed by atoms with van der Waals surface area (Å²) in [6, 6.07) is 25.2. The van der Waals surface area contributed by atoms with Crippen LogP contribution in [0.5, 0.6) is 0 Å². The van der Waals surface area contributed by atoms with Crippen molar-refractivity contribution in [3.63, 3.8) is 0 Å². The fourth-order valence-electron chi connectivity index (χ4n) is 5.18. The van der Waals surface area contributed by atoms with Crippen LogP contribution in [0.2, 0.25) is 0 Å². The van der Waals surface area contributed by atoms with E-state index in [9.17, 15) is 14.9 Å². The Morgan fingerprint density at radius 1 is 1.00 bits per heavy atom. The van der Waals surface area contributed by atoms with Crippen molar-refractivity contribution in [2.75, 3.05) is 26.2 Å².